The third-order valence-corrected chi connectivity index (χ3v) is 3.07. The van der Waals surface area contributed by atoms with Crippen LogP contribution in [0.5, 0.6) is 5.75 Å². The number of ether oxygens (including phenoxy) is 1. The van der Waals surface area contributed by atoms with E-state index in [1.807, 2.05) is 12.1 Å². The number of carbonyl (C=O) groups is 1. The van der Waals surface area contributed by atoms with Crippen molar-refractivity contribution < 1.29 is 9.53 Å². The van der Waals surface area contributed by atoms with E-state index < -0.39 is 0 Å². The number of fused-ring (bicyclic) bond motifs is 1. The van der Waals surface area contributed by atoms with Crippen LogP contribution in [0.3, 0.4) is 0 Å². The Morgan fingerprint density at radius 2 is 2.26 bits per heavy atom. The molecule has 1 heterocycles. The zero-order valence-corrected chi connectivity index (χ0v) is 10.4. The van der Waals surface area contributed by atoms with Gasteiger partial charge in [0.2, 0.25) is 0 Å². The molecule has 3 N–H and O–H groups in total. The summed E-state index contributed by atoms with van der Waals surface area (Å²) in [6.45, 7) is 0.00604. The monoisotopic (exact) mass is 257 g/mol. The van der Waals surface area contributed by atoms with Crippen LogP contribution in [0.4, 0.5) is 5.69 Å². The van der Waals surface area contributed by atoms with Gasteiger partial charge in [-0.15, -0.1) is 0 Å². The highest BCUT2D eigenvalue weighted by Gasteiger charge is 2.23. The molecule has 0 spiro atoms. The summed E-state index contributed by atoms with van der Waals surface area (Å²) in [6, 6.07) is 7.56. The molecule has 0 radical (unpaired) electrons. The lowest BCUT2D eigenvalue weighted by Crippen LogP contribution is -2.30. The summed E-state index contributed by atoms with van der Waals surface area (Å²) < 4.78 is 5.53. The summed E-state index contributed by atoms with van der Waals surface area (Å²) in [5.41, 5.74) is 7.21. The molecule has 0 unspecified atom stereocenters. The molecule has 0 atom stereocenters. The first-order valence-electron chi connectivity index (χ1n) is 6.29. The van der Waals surface area contributed by atoms with E-state index in [2.05, 4.69) is 10.3 Å². The molecule has 1 aromatic heterocycles. The number of aromatic nitrogens is 1. The molecular formula is C14H15N3O2. The second kappa shape index (κ2) is 4.76. The fourth-order valence-corrected chi connectivity index (χ4v) is 1.93. The molecule has 98 valence electrons. The fourth-order valence-electron chi connectivity index (χ4n) is 1.93. The average Bonchev–Trinajstić information content (AvgIpc) is 3.22. The highest BCUT2D eigenvalue weighted by Crippen LogP contribution is 2.28. The topological polar surface area (TPSA) is 77.2 Å². The second-order valence-electron chi connectivity index (χ2n) is 4.68. The van der Waals surface area contributed by atoms with Crippen molar-refractivity contribution in [2.45, 2.75) is 18.9 Å². The van der Waals surface area contributed by atoms with E-state index in [4.69, 9.17) is 10.5 Å². The normalized spacial score (nSPS) is 14.3. The predicted octanol–water partition coefficient (Wildman–Crippen LogP) is 1.47. The van der Waals surface area contributed by atoms with Crippen LogP contribution in [-0.2, 0) is 4.79 Å². The standard InChI is InChI=1S/C14H15N3O2/c15-11-5-6-12(14-10(11)2-1-7-16-14)19-8-13(18)17-9-3-4-9/h1-2,5-7,9H,3-4,8,15H2,(H,17,18). The molecular weight excluding hydrogens is 242 g/mol. The number of benzene rings is 1. The summed E-state index contributed by atoms with van der Waals surface area (Å²) >= 11 is 0. The molecule has 0 saturated heterocycles. The van der Waals surface area contributed by atoms with Gasteiger partial charge in [-0.3, -0.25) is 9.78 Å². The minimum atomic E-state index is -0.0941. The molecule has 1 aliphatic rings. The number of nitrogens with one attached hydrogen (secondary N) is 1. The Bertz CT molecular complexity index is 623. The van der Waals surface area contributed by atoms with Crippen molar-refractivity contribution >= 4 is 22.5 Å². The zero-order valence-electron chi connectivity index (χ0n) is 10.4. The van der Waals surface area contributed by atoms with Gasteiger partial charge >= 0.3 is 0 Å². The summed E-state index contributed by atoms with van der Waals surface area (Å²) in [4.78, 5) is 15.8. The van der Waals surface area contributed by atoms with Gasteiger partial charge in [0, 0.05) is 23.3 Å². The number of anilines is 1. The Morgan fingerprint density at radius 1 is 1.42 bits per heavy atom. The summed E-state index contributed by atoms with van der Waals surface area (Å²) in [5, 5.41) is 3.71. The van der Waals surface area contributed by atoms with Crippen LogP contribution in [0.25, 0.3) is 10.9 Å². The first kappa shape index (κ1) is 11.8. The predicted molar refractivity (Wildman–Crippen MR) is 72.8 cm³/mol. The minimum absolute atomic E-state index is 0.00604. The molecule has 1 amide bonds. The van der Waals surface area contributed by atoms with Gasteiger partial charge in [0.05, 0.1) is 0 Å². The minimum Gasteiger partial charge on any atom is -0.481 e. The highest BCUT2D eigenvalue weighted by molar-refractivity contribution is 5.94. The van der Waals surface area contributed by atoms with Crippen molar-refractivity contribution in [1.29, 1.82) is 0 Å². The molecule has 1 fully saturated rings. The number of pyridine rings is 1. The molecule has 19 heavy (non-hydrogen) atoms. The third-order valence-electron chi connectivity index (χ3n) is 3.07. The van der Waals surface area contributed by atoms with Gasteiger partial charge in [0.15, 0.2) is 6.61 Å². The van der Waals surface area contributed by atoms with Gasteiger partial charge in [-0.05, 0) is 37.1 Å². The van der Waals surface area contributed by atoms with Crippen LogP contribution < -0.4 is 15.8 Å². The summed E-state index contributed by atoms with van der Waals surface area (Å²) in [7, 11) is 0. The van der Waals surface area contributed by atoms with E-state index in [0.717, 1.165) is 18.2 Å². The number of carbonyl (C=O) groups excluding carboxylic acids is 1. The van der Waals surface area contributed by atoms with Gasteiger partial charge < -0.3 is 15.8 Å². The molecule has 0 bridgehead atoms. The van der Waals surface area contributed by atoms with Gasteiger partial charge in [-0.1, -0.05) is 0 Å². The smallest absolute Gasteiger partial charge is 0.258 e. The maximum atomic E-state index is 11.6. The Balaban J connectivity index is 1.76. The number of amides is 1. The van der Waals surface area contributed by atoms with Crippen LogP contribution in [0.1, 0.15) is 12.8 Å². The number of hydrogen-bond acceptors (Lipinski definition) is 4. The van der Waals surface area contributed by atoms with Crippen molar-refractivity contribution in [3.8, 4) is 5.75 Å². The Labute approximate surface area is 110 Å². The molecule has 1 saturated carbocycles. The Hall–Kier alpha value is -2.30. The Kier molecular flexibility index (Phi) is 2.95. The number of nitrogens with two attached hydrogens (primary N) is 1. The average molecular weight is 257 g/mol. The summed E-state index contributed by atoms with van der Waals surface area (Å²) in [6.07, 6.45) is 3.81. The molecule has 3 rings (SSSR count). The molecule has 1 aromatic carbocycles. The third kappa shape index (κ3) is 2.59. The van der Waals surface area contributed by atoms with E-state index in [9.17, 15) is 4.79 Å². The lowest BCUT2D eigenvalue weighted by Gasteiger charge is -2.10. The van der Waals surface area contributed by atoms with Crippen molar-refractivity contribution in [3.63, 3.8) is 0 Å². The van der Waals surface area contributed by atoms with Gasteiger partial charge in [-0.25, -0.2) is 0 Å². The van der Waals surface area contributed by atoms with Crippen LogP contribution in [0.15, 0.2) is 30.5 Å². The second-order valence-corrected chi connectivity index (χ2v) is 4.68. The van der Waals surface area contributed by atoms with E-state index in [0.29, 0.717) is 23.0 Å². The lowest BCUT2D eigenvalue weighted by molar-refractivity contribution is -0.123. The van der Waals surface area contributed by atoms with Gasteiger partial charge in [-0.2, -0.15) is 0 Å². The van der Waals surface area contributed by atoms with E-state index in [-0.39, 0.29) is 12.5 Å². The van der Waals surface area contributed by atoms with Crippen LogP contribution in [0, 0.1) is 0 Å². The number of nitrogens with zero attached hydrogens (tertiary/aromatic N) is 1. The number of nitrogen functional groups attached to an aromatic ring is 1. The van der Waals surface area contributed by atoms with Crippen molar-refractivity contribution in [2.75, 3.05) is 12.3 Å². The zero-order chi connectivity index (χ0) is 13.2. The van der Waals surface area contributed by atoms with E-state index >= 15 is 0 Å². The molecule has 2 aromatic rings. The molecule has 0 aliphatic heterocycles. The van der Waals surface area contributed by atoms with Crippen LogP contribution in [0.2, 0.25) is 0 Å². The van der Waals surface area contributed by atoms with E-state index in [1.54, 1.807) is 18.3 Å². The quantitative estimate of drug-likeness (QED) is 0.813. The Morgan fingerprint density at radius 3 is 3.05 bits per heavy atom. The highest BCUT2D eigenvalue weighted by atomic mass is 16.5. The fraction of sp³-hybridized carbons (Fsp3) is 0.286. The van der Waals surface area contributed by atoms with Crippen molar-refractivity contribution in [2.24, 2.45) is 0 Å². The molecule has 5 heteroatoms. The SMILES string of the molecule is Nc1ccc(OCC(=O)NC2CC2)c2ncccc12. The summed E-state index contributed by atoms with van der Waals surface area (Å²) in [5.74, 6) is 0.485. The maximum Gasteiger partial charge on any atom is 0.258 e. The first-order chi connectivity index (χ1) is 9.24. The van der Waals surface area contributed by atoms with Gasteiger partial charge in [0.1, 0.15) is 11.3 Å². The van der Waals surface area contributed by atoms with Gasteiger partial charge in [0.25, 0.3) is 5.91 Å². The number of hydrogen-bond donors (Lipinski definition) is 2. The molecule has 1 aliphatic carbocycles. The lowest BCUT2D eigenvalue weighted by atomic mass is 10.2. The largest absolute Gasteiger partial charge is 0.481 e. The van der Waals surface area contributed by atoms with Crippen molar-refractivity contribution in [3.05, 3.63) is 30.5 Å². The van der Waals surface area contributed by atoms with E-state index in [1.165, 1.54) is 0 Å². The van der Waals surface area contributed by atoms with Crippen LogP contribution in [-0.4, -0.2) is 23.5 Å². The molecule has 5 nitrogen and oxygen atoms in total. The van der Waals surface area contributed by atoms with Crippen molar-refractivity contribution in [1.82, 2.24) is 10.3 Å². The number of rotatable bonds is 4. The maximum absolute atomic E-state index is 11.6. The first-order valence-corrected chi connectivity index (χ1v) is 6.29. The van der Waals surface area contributed by atoms with Crippen LogP contribution >= 0.6 is 0 Å².